The minimum Gasteiger partial charge on any atom is -0.380 e. The van der Waals surface area contributed by atoms with Crippen LogP contribution in [0.4, 0.5) is 5.69 Å². The summed E-state index contributed by atoms with van der Waals surface area (Å²) in [6.45, 7) is 2.59. The Kier molecular flexibility index (Phi) is 5.61. The van der Waals surface area contributed by atoms with Crippen molar-refractivity contribution in [1.29, 1.82) is 0 Å². The smallest absolute Gasteiger partial charge is 0.254 e. The summed E-state index contributed by atoms with van der Waals surface area (Å²) in [5.41, 5.74) is -0.560. The van der Waals surface area contributed by atoms with E-state index in [9.17, 15) is 14.7 Å². The molecule has 25 heavy (non-hydrogen) atoms. The first-order valence-electron chi connectivity index (χ1n) is 8.76. The number of nitrogens with one attached hydrogen (secondary N) is 1. The van der Waals surface area contributed by atoms with E-state index in [2.05, 4.69) is 5.32 Å². The van der Waals surface area contributed by atoms with Crippen molar-refractivity contribution >= 4 is 29.1 Å². The molecule has 6 nitrogen and oxygen atoms in total. The van der Waals surface area contributed by atoms with Crippen LogP contribution in [0.3, 0.4) is 0 Å². The zero-order valence-electron chi connectivity index (χ0n) is 14.2. The van der Waals surface area contributed by atoms with Crippen molar-refractivity contribution < 1.29 is 14.7 Å². The maximum atomic E-state index is 12.5. The summed E-state index contributed by atoms with van der Waals surface area (Å²) < 4.78 is 0. The van der Waals surface area contributed by atoms with Crippen LogP contribution in [0, 0.1) is 0 Å². The van der Waals surface area contributed by atoms with Gasteiger partial charge >= 0.3 is 0 Å². The van der Waals surface area contributed by atoms with Crippen LogP contribution < -0.4 is 5.32 Å². The molecule has 1 aromatic carbocycles. The van der Waals surface area contributed by atoms with E-state index in [1.165, 1.54) is 0 Å². The van der Waals surface area contributed by atoms with Crippen LogP contribution in [0.2, 0.25) is 5.02 Å². The molecule has 1 saturated heterocycles. The molecule has 3 rings (SSSR count). The molecule has 0 spiro atoms. The second-order valence-corrected chi connectivity index (χ2v) is 7.24. The zero-order valence-corrected chi connectivity index (χ0v) is 15.0. The number of nitrogens with zero attached hydrogens (tertiary/aromatic N) is 2. The molecule has 1 heterocycles. The lowest BCUT2D eigenvalue weighted by Crippen LogP contribution is -2.55. The number of hydrogen-bond acceptors (Lipinski definition) is 4. The van der Waals surface area contributed by atoms with Crippen molar-refractivity contribution in [2.45, 2.75) is 31.3 Å². The van der Waals surface area contributed by atoms with Crippen LogP contribution in [0.25, 0.3) is 0 Å². The van der Waals surface area contributed by atoms with Crippen LogP contribution >= 0.6 is 11.6 Å². The highest BCUT2D eigenvalue weighted by atomic mass is 35.5. The van der Waals surface area contributed by atoms with Crippen molar-refractivity contribution in [3.8, 4) is 0 Å². The van der Waals surface area contributed by atoms with Gasteiger partial charge in [0.25, 0.3) is 5.91 Å². The first kappa shape index (κ1) is 18.2. The molecule has 1 saturated carbocycles. The topological polar surface area (TPSA) is 72.9 Å². The van der Waals surface area contributed by atoms with Crippen LogP contribution in [0.1, 0.15) is 25.7 Å². The summed E-state index contributed by atoms with van der Waals surface area (Å²) >= 11 is 6.04. The summed E-state index contributed by atoms with van der Waals surface area (Å²) in [7, 11) is 0. The third-order valence-electron chi connectivity index (χ3n) is 5.00. The molecule has 0 unspecified atom stereocenters. The molecular formula is C18H24ClN3O3. The number of rotatable bonds is 4. The Hall–Kier alpha value is -1.63. The molecule has 2 fully saturated rings. The Labute approximate surface area is 152 Å². The molecule has 1 aliphatic carbocycles. The summed E-state index contributed by atoms with van der Waals surface area (Å²) in [6.07, 6.45) is 2.94. The van der Waals surface area contributed by atoms with Gasteiger partial charge in [0.2, 0.25) is 5.91 Å². The van der Waals surface area contributed by atoms with E-state index in [4.69, 9.17) is 11.6 Å². The maximum Gasteiger partial charge on any atom is 0.254 e. The number of carbonyl (C=O) groups is 2. The van der Waals surface area contributed by atoms with Gasteiger partial charge in [0.05, 0.1) is 17.3 Å². The number of halogens is 1. The third-order valence-corrected chi connectivity index (χ3v) is 5.33. The second-order valence-electron chi connectivity index (χ2n) is 6.84. The number of piperazine rings is 1. The number of hydrogen-bond donors (Lipinski definition) is 2. The average molecular weight is 366 g/mol. The summed E-state index contributed by atoms with van der Waals surface area (Å²) in [6, 6.07) is 7.13. The van der Waals surface area contributed by atoms with Crippen molar-refractivity contribution in [1.82, 2.24) is 9.80 Å². The molecule has 0 atom stereocenters. The Morgan fingerprint density at radius 2 is 1.76 bits per heavy atom. The lowest BCUT2D eigenvalue weighted by Gasteiger charge is -2.37. The van der Waals surface area contributed by atoms with Gasteiger partial charge < -0.3 is 15.3 Å². The number of aliphatic hydroxyl groups is 1. The number of benzene rings is 1. The fourth-order valence-electron chi connectivity index (χ4n) is 3.53. The monoisotopic (exact) mass is 365 g/mol. The molecule has 1 aromatic rings. The molecule has 0 bridgehead atoms. The zero-order chi connectivity index (χ0) is 17.9. The van der Waals surface area contributed by atoms with Gasteiger partial charge in [-0.25, -0.2) is 0 Å². The summed E-state index contributed by atoms with van der Waals surface area (Å²) in [5.74, 6) is -0.271. The Balaban J connectivity index is 1.47. The van der Waals surface area contributed by atoms with Gasteiger partial charge in [-0.2, -0.15) is 0 Å². The van der Waals surface area contributed by atoms with Gasteiger partial charge in [0.15, 0.2) is 0 Å². The highest BCUT2D eigenvalue weighted by Gasteiger charge is 2.42. The molecule has 1 aliphatic heterocycles. The highest BCUT2D eigenvalue weighted by molar-refractivity contribution is 6.33. The van der Waals surface area contributed by atoms with Crippen LogP contribution in [0.5, 0.6) is 0 Å². The van der Waals surface area contributed by atoms with E-state index in [-0.39, 0.29) is 18.4 Å². The lowest BCUT2D eigenvalue weighted by atomic mass is 10.00. The SMILES string of the molecule is O=C(CN1CCN(C(=O)C2(O)CCCC2)CC1)Nc1ccccc1Cl. The predicted octanol–water partition coefficient (Wildman–Crippen LogP) is 1.73. The van der Waals surface area contributed by atoms with Crippen molar-refractivity contribution in [2.24, 2.45) is 0 Å². The van der Waals surface area contributed by atoms with Crippen LogP contribution in [-0.4, -0.2) is 65.0 Å². The summed E-state index contributed by atoms with van der Waals surface area (Å²) in [5, 5.41) is 13.8. The number of amides is 2. The normalized spacial score (nSPS) is 20.5. The Bertz CT molecular complexity index is 638. The molecular weight excluding hydrogens is 342 g/mol. The molecule has 2 aliphatic rings. The van der Waals surface area contributed by atoms with E-state index in [1.54, 1.807) is 17.0 Å². The van der Waals surface area contributed by atoms with Gasteiger partial charge in [0, 0.05) is 26.2 Å². The fraction of sp³-hybridized carbons (Fsp3) is 0.556. The molecule has 0 radical (unpaired) electrons. The quantitative estimate of drug-likeness (QED) is 0.852. The van der Waals surface area contributed by atoms with Gasteiger partial charge in [-0.3, -0.25) is 14.5 Å². The molecule has 2 N–H and O–H groups in total. The summed E-state index contributed by atoms with van der Waals surface area (Å²) in [4.78, 5) is 28.4. The van der Waals surface area contributed by atoms with Crippen LogP contribution in [-0.2, 0) is 9.59 Å². The Morgan fingerprint density at radius 3 is 2.40 bits per heavy atom. The number of para-hydroxylation sites is 1. The van der Waals surface area contributed by atoms with Gasteiger partial charge in [-0.05, 0) is 37.8 Å². The maximum absolute atomic E-state index is 12.5. The van der Waals surface area contributed by atoms with E-state index in [0.717, 1.165) is 12.8 Å². The fourth-order valence-corrected chi connectivity index (χ4v) is 3.72. The molecule has 2 amide bonds. The Morgan fingerprint density at radius 1 is 1.12 bits per heavy atom. The number of carbonyl (C=O) groups excluding carboxylic acids is 2. The second kappa shape index (κ2) is 7.72. The first-order chi connectivity index (χ1) is 12.0. The van der Waals surface area contributed by atoms with Gasteiger partial charge in [-0.1, -0.05) is 23.7 Å². The van der Waals surface area contributed by atoms with Crippen LogP contribution in [0.15, 0.2) is 24.3 Å². The van der Waals surface area contributed by atoms with Crippen molar-refractivity contribution in [3.05, 3.63) is 29.3 Å². The van der Waals surface area contributed by atoms with E-state index < -0.39 is 5.60 Å². The van der Waals surface area contributed by atoms with Crippen molar-refractivity contribution in [3.63, 3.8) is 0 Å². The van der Waals surface area contributed by atoms with E-state index >= 15 is 0 Å². The first-order valence-corrected chi connectivity index (χ1v) is 9.14. The number of anilines is 1. The van der Waals surface area contributed by atoms with E-state index in [0.29, 0.717) is 49.7 Å². The lowest BCUT2D eigenvalue weighted by molar-refractivity contribution is -0.152. The standard InChI is InChI=1S/C18H24ClN3O3/c19-14-5-1-2-6-15(14)20-16(23)13-21-9-11-22(12-10-21)17(24)18(25)7-3-4-8-18/h1-2,5-6,25H,3-4,7-13H2,(H,20,23). The van der Waals surface area contributed by atoms with E-state index in [1.807, 2.05) is 17.0 Å². The van der Waals surface area contributed by atoms with Crippen molar-refractivity contribution in [2.75, 3.05) is 38.0 Å². The predicted molar refractivity (Wildman–Crippen MR) is 96.5 cm³/mol. The van der Waals surface area contributed by atoms with Gasteiger partial charge in [0.1, 0.15) is 5.60 Å². The minimum atomic E-state index is -1.16. The minimum absolute atomic E-state index is 0.123. The molecule has 0 aromatic heterocycles. The molecule has 7 heteroatoms. The molecule has 136 valence electrons. The third kappa shape index (κ3) is 4.32. The van der Waals surface area contributed by atoms with Gasteiger partial charge in [-0.15, -0.1) is 0 Å². The highest BCUT2D eigenvalue weighted by Crippen LogP contribution is 2.31. The largest absolute Gasteiger partial charge is 0.380 e. The average Bonchev–Trinajstić information content (AvgIpc) is 3.05.